The maximum absolute atomic E-state index is 12.8. The number of sulfonamides is 1. The third-order valence-electron chi connectivity index (χ3n) is 4.67. The highest BCUT2D eigenvalue weighted by Gasteiger charge is 2.23. The highest BCUT2D eigenvalue weighted by molar-refractivity contribution is 8.00. The van der Waals surface area contributed by atoms with Gasteiger partial charge in [0, 0.05) is 18.0 Å². The maximum atomic E-state index is 12.8. The Morgan fingerprint density at radius 2 is 1.81 bits per heavy atom. The van der Waals surface area contributed by atoms with Gasteiger partial charge in [0.05, 0.1) is 23.4 Å². The highest BCUT2D eigenvalue weighted by Crippen LogP contribution is 2.34. The van der Waals surface area contributed by atoms with E-state index in [-0.39, 0.29) is 16.6 Å². The molecule has 168 valence electrons. The molecule has 0 saturated carbocycles. The molecule has 2 aromatic carbocycles. The van der Waals surface area contributed by atoms with E-state index in [1.807, 2.05) is 18.2 Å². The van der Waals surface area contributed by atoms with Gasteiger partial charge in [-0.25, -0.2) is 8.42 Å². The van der Waals surface area contributed by atoms with Gasteiger partial charge in [-0.2, -0.15) is 4.31 Å². The Morgan fingerprint density at radius 3 is 2.48 bits per heavy atom. The first kappa shape index (κ1) is 23.2. The van der Waals surface area contributed by atoms with Crippen LogP contribution in [0, 0.1) is 0 Å². The Morgan fingerprint density at radius 1 is 1.10 bits per heavy atom. The number of carbonyl (C=O) groups is 1. The number of nitrogens with one attached hydrogen (secondary N) is 1. The van der Waals surface area contributed by atoms with E-state index in [9.17, 15) is 13.2 Å². The Hall–Kier alpha value is -2.43. The van der Waals surface area contributed by atoms with Crippen LogP contribution in [-0.2, 0) is 14.8 Å². The second-order valence-electron chi connectivity index (χ2n) is 6.59. The van der Waals surface area contributed by atoms with Gasteiger partial charge in [-0.05, 0) is 36.4 Å². The molecule has 31 heavy (non-hydrogen) atoms. The first-order valence-electron chi connectivity index (χ1n) is 9.89. The lowest BCUT2D eigenvalue weighted by Gasteiger charge is -2.20. The largest absolute Gasteiger partial charge is 0.495 e. The predicted molar refractivity (Wildman–Crippen MR) is 120 cm³/mol. The third kappa shape index (κ3) is 5.44. The average molecular weight is 467 g/mol. The summed E-state index contributed by atoms with van der Waals surface area (Å²) in [6, 6.07) is 9.97. The number of hydrogen-bond donors (Lipinski definition) is 1. The second kappa shape index (κ2) is 10.3. The molecule has 1 N–H and O–H groups in total. The lowest BCUT2D eigenvalue weighted by atomic mass is 10.3. The highest BCUT2D eigenvalue weighted by atomic mass is 32.2. The van der Waals surface area contributed by atoms with Crippen molar-refractivity contribution in [2.24, 2.45) is 0 Å². The summed E-state index contributed by atoms with van der Waals surface area (Å²) in [5, 5.41) is 2.76. The first-order chi connectivity index (χ1) is 14.9. The third-order valence-corrected chi connectivity index (χ3v) is 7.71. The van der Waals surface area contributed by atoms with Crippen molar-refractivity contribution >= 4 is 33.4 Å². The van der Waals surface area contributed by atoms with Crippen LogP contribution >= 0.6 is 11.8 Å². The van der Waals surface area contributed by atoms with Gasteiger partial charge in [-0.3, -0.25) is 4.79 Å². The molecular formula is C21H26N2O6S2. The lowest BCUT2D eigenvalue weighted by Crippen LogP contribution is -2.30. The number of carbonyl (C=O) groups excluding carboxylic acids is 1. The van der Waals surface area contributed by atoms with Crippen LogP contribution in [0.5, 0.6) is 17.2 Å². The smallest absolute Gasteiger partial charge is 0.243 e. The number of thioether (sulfide) groups is 1. The molecule has 0 spiro atoms. The molecule has 1 heterocycles. The molecule has 1 aliphatic heterocycles. The fourth-order valence-corrected chi connectivity index (χ4v) is 5.32. The van der Waals surface area contributed by atoms with Crippen molar-refractivity contribution in [1.29, 1.82) is 0 Å². The Bertz CT molecular complexity index is 1040. The van der Waals surface area contributed by atoms with Gasteiger partial charge in [-0.1, -0.05) is 13.8 Å². The molecule has 0 saturated heterocycles. The quantitative estimate of drug-likeness (QED) is 0.567. The lowest BCUT2D eigenvalue weighted by molar-refractivity contribution is -0.113. The molecule has 0 atom stereocenters. The van der Waals surface area contributed by atoms with E-state index >= 15 is 0 Å². The number of rotatable bonds is 9. The van der Waals surface area contributed by atoms with Crippen molar-refractivity contribution in [1.82, 2.24) is 4.31 Å². The van der Waals surface area contributed by atoms with Gasteiger partial charge in [0.15, 0.2) is 11.5 Å². The molecule has 0 radical (unpaired) electrons. The van der Waals surface area contributed by atoms with Crippen LogP contribution in [0.3, 0.4) is 0 Å². The summed E-state index contributed by atoms with van der Waals surface area (Å²) in [5.74, 6) is 1.59. The van der Waals surface area contributed by atoms with E-state index < -0.39 is 10.0 Å². The first-order valence-corrected chi connectivity index (χ1v) is 12.3. The molecule has 2 aromatic rings. The molecule has 8 nitrogen and oxygen atoms in total. The summed E-state index contributed by atoms with van der Waals surface area (Å²) < 4.78 is 43.3. The number of hydrogen-bond acceptors (Lipinski definition) is 7. The van der Waals surface area contributed by atoms with Gasteiger partial charge in [0.2, 0.25) is 15.9 Å². The normalized spacial score (nSPS) is 13.2. The van der Waals surface area contributed by atoms with Crippen LogP contribution in [0.1, 0.15) is 13.8 Å². The zero-order valence-corrected chi connectivity index (χ0v) is 19.3. The van der Waals surface area contributed by atoms with Crippen molar-refractivity contribution < 1.29 is 27.4 Å². The van der Waals surface area contributed by atoms with E-state index in [1.165, 1.54) is 35.3 Å². The second-order valence-corrected chi connectivity index (χ2v) is 9.58. The summed E-state index contributed by atoms with van der Waals surface area (Å²) in [4.78, 5) is 13.5. The molecule has 0 aliphatic carbocycles. The topological polar surface area (TPSA) is 94.2 Å². The molecule has 1 amide bonds. The molecule has 0 aromatic heterocycles. The zero-order chi connectivity index (χ0) is 22.4. The van der Waals surface area contributed by atoms with Gasteiger partial charge < -0.3 is 19.5 Å². The number of nitrogens with zero attached hydrogens (tertiary/aromatic N) is 1. The number of ether oxygens (including phenoxy) is 3. The zero-order valence-electron chi connectivity index (χ0n) is 17.7. The molecule has 0 unspecified atom stereocenters. The summed E-state index contributed by atoms with van der Waals surface area (Å²) in [5.41, 5.74) is 0.309. The fourth-order valence-electron chi connectivity index (χ4n) is 3.11. The molecule has 10 heteroatoms. The van der Waals surface area contributed by atoms with E-state index in [0.29, 0.717) is 49.2 Å². The molecule has 1 aliphatic rings. The van der Waals surface area contributed by atoms with E-state index in [2.05, 4.69) is 5.32 Å². The van der Waals surface area contributed by atoms with E-state index in [4.69, 9.17) is 14.2 Å². The van der Waals surface area contributed by atoms with Crippen molar-refractivity contribution in [3.05, 3.63) is 36.4 Å². The van der Waals surface area contributed by atoms with E-state index in [0.717, 1.165) is 4.90 Å². The molecule has 3 rings (SSSR count). The fraction of sp³-hybridized carbons (Fsp3) is 0.381. The Kier molecular flexibility index (Phi) is 7.69. The van der Waals surface area contributed by atoms with Gasteiger partial charge in [-0.15, -0.1) is 11.8 Å². The molecule has 0 bridgehead atoms. The van der Waals surface area contributed by atoms with Crippen LogP contribution in [0.25, 0.3) is 0 Å². The van der Waals surface area contributed by atoms with Crippen LogP contribution in [0.15, 0.2) is 46.2 Å². The monoisotopic (exact) mass is 466 g/mol. The summed E-state index contributed by atoms with van der Waals surface area (Å²) >= 11 is 1.34. The van der Waals surface area contributed by atoms with Crippen molar-refractivity contribution in [3.63, 3.8) is 0 Å². The standard InChI is InChI=1S/C21H26N2O6S2/c1-4-23(5-2)31(25,26)16-7-9-18(27-3)17(13-16)22-21(24)14-30-15-6-8-19-20(12-15)29-11-10-28-19/h6-9,12-13H,4-5,10-11,14H2,1-3H3,(H,22,24). The SMILES string of the molecule is CCN(CC)S(=O)(=O)c1ccc(OC)c(NC(=O)CSc2ccc3c(c2)OCCO3)c1. The van der Waals surface area contributed by atoms with Crippen molar-refractivity contribution in [3.8, 4) is 17.2 Å². The number of benzene rings is 2. The van der Waals surface area contributed by atoms with Crippen molar-refractivity contribution in [2.45, 2.75) is 23.6 Å². The Labute approximate surface area is 186 Å². The number of fused-ring (bicyclic) bond motifs is 1. The van der Waals surface area contributed by atoms with Gasteiger partial charge in [0.25, 0.3) is 0 Å². The minimum atomic E-state index is -3.65. The van der Waals surface area contributed by atoms with E-state index in [1.54, 1.807) is 19.9 Å². The number of amides is 1. The van der Waals surface area contributed by atoms with Crippen molar-refractivity contribution in [2.75, 3.05) is 44.5 Å². The van der Waals surface area contributed by atoms with Crippen LogP contribution < -0.4 is 19.5 Å². The minimum absolute atomic E-state index is 0.104. The number of anilines is 1. The summed E-state index contributed by atoms with van der Waals surface area (Å²) in [6.07, 6.45) is 0. The molecule has 0 fully saturated rings. The average Bonchev–Trinajstić information content (AvgIpc) is 2.78. The van der Waals surface area contributed by atoms with Crippen LogP contribution in [-0.4, -0.2) is 57.8 Å². The Balaban J connectivity index is 1.71. The van der Waals surface area contributed by atoms with Crippen LogP contribution in [0.4, 0.5) is 5.69 Å². The summed E-state index contributed by atoms with van der Waals surface area (Å²) in [7, 11) is -2.19. The molecular weight excluding hydrogens is 440 g/mol. The maximum Gasteiger partial charge on any atom is 0.243 e. The van der Waals surface area contributed by atoms with Gasteiger partial charge >= 0.3 is 0 Å². The minimum Gasteiger partial charge on any atom is -0.495 e. The van der Waals surface area contributed by atoms with Gasteiger partial charge in [0.1, 0.15) is 19.0 Å². The predicted octanol–water partition coefficient (Wildman–Crippen LogP) is 3.23. The number of methoxy groups -OCH3 is 1. The van der Waals surface area contributed by atoms with Crippen LogP contribution in [0.2, 0.25) is 0 Å². The summed E-state index contributed by atoms with van der Waals surface area (Å²) in [6.45, 7) is 5.29.